The van der Waals surface area contributed by atoms with Gasteiger partial charge in [-0.25, -0.2) is 4.72 Å². The van der Waals surface area contributed by atoms with Crippen molar-refractivity contribution in [3.05, 3.63) is 0 Å². The van der Waals surface area contributed by atoms with Crippen molar-refractivity contribution in [3.63, 3.8) is 0 Å². The monoisotopic (exact) mass is 294 g/mol. The Morgan fingerprint density at radius 1 is 1.16 bits per heavy atom. The molecule has 0 aliphatic carbocycles. The third kappa shape index (κ3) is 8.54. The van der Waals surface area contributed by atoms with Crippen molar-refractivity contribution in [3.8, 4) is 0 Å². The van der Waals surface area contributed by atoms with E-state index in [2.05, 4.69) is 17.0 Å². The second kappa shape index (κ2) is 9.66. The standard InChI is InChI=1S/C12H30N4O2S/c1-6-8-13-9-7-10-16(5)19(17,18)14-11-12(2)15(3)4/h12-14H,6-11H2,1-5H3. The third-order valence-corrected chi connectivity index (χ3v) is 4.64. The lowest BCUT2D eigenvalue weighted by atomic mass is 10.3. The lowest BCUT2D eigenvalue weighted by molar-refractivity contribution is 0.311. The zero-order valence-corrected chi connectivity index (χ0v) is 13.8. The Hall–Kier alpha value is -0.210. The molecule has 0 saturated heterocycles. The van der Waals surface area contributed by atoms with Gasteiger partial charge in [0.1, 0.15) is 0 Å². The molecule has 19 heavy (non-hydrogen) atoms. The molecule has 0 spiro atoms. The van der Waals surface area contributed by atoms with Crippen molar-refractivity contribution in [1.29, 1.82) is 0 Å². The van der Waals surface area contributed by atoms with Crippen LogP contribution in [0.3, 0.4) is 0 Å². The maximum Gasteiger partial charge on any atom is 0.279 e. The largest absolute Gasteiger partial charge is 0.317 e. The maximum atomic E-state index is 12.0. The summed E-state index contributed by atoms with van der Waals surface area (Å²) in [5, 5.41) is 3.26. The first-order chi connectivity index (χ1) is 8.81. The lowest BCUT2D eigenvalue weighted by Gasteiger charge is -2.23. The number of likely N-dealkylation sites (N-methyl/N-ethyl adjacent to an activating group) is 1. The topological polar surface area (TPSA) is 64.7 Å². The van der Waals surface area contributed by atoms with Gasteiger partial charge in [0.15, 0.2) is 0 Å². The molecule has 0 aromatic heterocycles. The quantitative estimate of drug-likeness (QED) is 0.530. The predicted molar refractivity (Wildman–Crippen MR) is 80.5 cm³/mol. The number of hydrogen-bond donors (Lipinski definition) is 2. The molecule has 1 unspecified atom stereocenters. The fraction of sp³-hybridized carbons (Fsp3) is 1.00. The molecule has 0 aliphatic heterocycles. The van der Waals surface area contributed by atoms with E-state index in [-0.39, 0.29) is 6.04 Å². The molecule has 0 aliphatic rings. The smallest absolute Gasteiger partial charge is 0.279 e. The second-order valence-corrected chi connectivity index (χ2v) is 6.95. The Morgan fingerprint density at radius 3 is 2.32 bits per heavy atom. The van der Waals surface area contributed by atoms with Gasteiger partial charge in [-0.05, 0) is 47.0 Å². The van der Waals surface area contributed by atoms with E-state index in [1.165, 1.54) is 4.31 Å². The van der Waals surface area contributed by atoms with Crippen LogP contribution in [0.15, 0.2) is 0 Å². The highest BCUT2D eigenvalue weighted by molar-refractivity contribution is 7.87. The van der Waals surface area contributed by atoms with Crippen LogP contribution < -0.4 is 10.0 Å². The van der Waals surface area contributed by atoms with Crippen LogP contribution in [0, 0.1) is 0 Å². The van der Waals surface area contributed by atoms with E-state index in [9.17, 15) is 8.42 Å². The van der Waals surface area contributed by atoms with Gasteiger partial charge in [0.2, 0.25) is 0 Å². The van der Waals surface area contributed by atoms with Crippen LogP contribution in [-0.4, -0.2) is 71.0 Å². The van der Waals surface area contributed by atoms with Gasteiger partial charge in [-0.1, -0.05) is 6.92 Å². The molecule has 6 nitrogen and oxygen atoms in total. The van der Waals surface area contributed by atoms with E-state index in [4.69, 9.17) is 0 Å². The summed E-state index contributed by atoms with van der Waals surface area (Å²) in [7, 11) is 2.13. The summed E-state index contributed by atoms with van der Waals surface area (Å²) in [6, 6.07) is 0.175. The molecule has 0 rings (SSSR count). The summed E-state index contributed by atoms with van der Waals surface area (Å²) in [5.41, 5.74) is 0. The fourth-order valence-electron chi connectivity index (χ4n) is 1.37. The highest BCUT2D eigenvalue weighted by atomic mass is 32.2. The molecular formula is C12H30N4O2S. The third-order valence-electron chi connectivity index (χ3n) is 3.11. The molecule has 0 aromatic rings. The van der Waals surface area contributed by atoms with Gasteiger partial charge in [0.05, 0.1) is 0 Å². The van der Waals surface area contributed by atoms with Gasteiger partial charge in [0.25, 0.3) is 10.2 Å². The van der Waals surface area contributed by atoms with Gasteiger partial charge in [-0.3, -0.25) is 0 Å². The number of rotatable bonds is 11. The number of nitrogens with one attached hydrogen (secondary N) is 2. The highest BCUT2D eigenvalue weighted by Gasteiger charge is 2.18. The summed E-state index contributed by atoms with van der Waals surface area (Å²) < 4.78 is 27.9. The van der Waals surface area contributed by atoms with Gasteiger partial charge < -0.3 is 10.2 Å². The van der Waals surface area contributed by atoms with Crippen LogP contribution in [0.4, 0.5) is 0 Å². The van der Waals surface area contributed by atoms with Gasteiger partial charge in [0, 0.05) is 26.2 Å². The molecule has 0 aromatic carbocycles. The van der Waals surface area contributed by atoms with Crippen LogP contribution in [0.5, 0.6) is 0 Å². The van der Waals surface area contributed by atoms with Crippen LogP contribution >= 0.6 is 0 Å². The summed E-state index contributed by atoms with van der Waals surface area (Å²) in [5.74, 6) is 0. The van der Waals surface area contributed by atoms with E-state index in [1.54, 1.807) is 7.05 Å². The van der Waals surface area contributed by atoms with Gasteiger partial charge >= 0.3 is 0 Å². The minimum atomic E-state index is -3.35. The molecule has 0 saturated carbocycles. The first kappa shape index (κ1) is 18.8. The summed E-state index contributed by atoms with van der Waals surface area (Å²) in [4.78, 5) is 1.98. The zero-order chi connectivity index (χ0) is 14.9. The first-order valence-corrected chi connectivity index (χ1v) is 8.33. The minimum Gasteiger partial charge on any atom is -0.317 e. The molecular weight excluding hydrogens is 264 g/mol. The lowest BCUT2D eigenvalue weighted by Crippen LogP contribution is -2.44. The SMILES string of the molecule is CCCNCCCN(C)S(=O)(=O)NCC(C)N(C)C. The zero-order valence-electron chi connectivity index (χ0n) is 12.9. The van der Waals surface area contributed by atoms with Crippen molar-refractivity contribution in [2.24, 2.45) is 0 Å². The molecule has 0 radical (unpaired) electrons. The van der Waals surface area contributed by atoms with Crippen LogP contribution in [0.1, 0.15) is 26.7 Å². The average molecular weight is 294 g/mol. The van der Waals surface area contributed by atoms with Crippen LogP contribution in [-0.2, 0) is 10.2 Å². The second-order valence-electron chi connectivity index (χ2n) is 5.09. The van der Waals surface area contributed by atoms with Crippen molar-refractivity contribution in [2.45, 2.75) is 32.7 Å². The van der Waals surface area contributed by atoms with E-state index in [0.717, 1.165) is 25.9 Å². The normalized spacial score (nSPS) is 14.3. The first-order valence-electron chi connectivity index (χ1n) is 6.89. The van der Waals surface area contributed by atoms with E-state index in [0.29, 0.717) is 13.1 Å². The summed E-state index contributed by atoms with van der Waals surface area (Å²) in [6.45, 7) is 6.88. The predicted octanol–water partition coefficient (Wildman–Crippen LogP) is 0.0924. The molecule has 0 bridgehead atoms. The Bertz CT molecular complexity index is 320. The van der Waals surface area contributed by atoms with Crippen molar-refractivity contribution in [1.82, 2.24) is 19.2 Å². The molecule has 2 N–H and O–H groups in total. The van der Waals surface area contributed by atoms with E-state index >= 15 is 0 Å². The Kier molecular flexibility index (Phi) is 9.55. The minimum absolute atomic E-state index is 0.175. The summed E-state index contributed by atoms with van der Waals surface area (Å²) >= 11 is 0. The molecule has 7 heteroatoms. The highest BCUT2D eigenvalue weighted by Crippen LogP contribution is 1.97. The Balaban J connectivity index is 3.97. The van der Waals surface area contributed by atoms with E-state index < -0.39 is 10.2 Å². The maximum absolute atomic E-state index is 12.0. The van der Waals surface area contributed by atoms with Gasteiger partial charge in [-0.15, -0.1) is 0 Å². The molecule has 0 amide bonds. The number of nitrogens with zero attached hydrogens (tertiary/aromatic N) is 2. The Labute approximate surface area is 118 Å². The molecule has 0 heterocycles. The van der Waals surface area contributed by atoms with Crippen LogP contribution in [0.2, 0.25) is 0 Å². The van der Waals surface area contributed by atoms with Crippen molar-refractivity contribution in [2.75, 3.05) is 47.3 Å². The van der Waals surface area contributed by atoms with E-state index in [1.807, 2.05) is 25.9 Å². The van der Waals surface area contributed by atoms with Crippen molar-refractivity contribution < 1.29 is 8.42 Å². The molecule has 0 fully saturated rings. The fourth-order valence-corrected chi connectivity index (χ4v) is 2.41. The molecule has 116 valence electrons. The van der Waals surface area contributed by atoms with Crippen molar-refractivity contribution >= 4 is 10.2 Å². The average Bonchev–Trinajstić information content (AvgIpc) is 2.35. The summed E-state index contributed by atoms with van der Waals surface area (Å²) in [6.07, 6.45) is 1.92. The van der Waals surface area contributed by atoms with Crippen LogP contribution in [0.25, 0.3) is 0 Å². The van der Waals surface area contributed by atoms with Gasteiger partial charge in [-0.2, -0.15) is 12.7 Å². The Morgan fingerprint density at radius 2 is 1.79 bits per heavy atom. The molecule has 1 atom stereocenters. The number of hydrogen-bond acceptors (Lipinski definition) is 4.